The minimum atomic E-state index is -0.988. The van der Waals surface area contributed by atoms with Gasteiger partial charge < -0.3 is 10.4 Å². The van der Waals surface area contributed by atoms with Crippen LogP contribution in [0.3, 0.4) is 0 Å². The molecule has 1 aromatic heterocycles. The summed E-state index contributed by atoms with van der Waals surface area (Å²) in [6.45, 7) is 6.41. The van der Waals surface area contributed by atoms with Gasteiger partial charge in [0.1, 0.15) is 6.17 Å². The predicted molar refractivity (Wildman–Crippen MR) is 131 cm³/mol. The summed E-state index contributed by atoms with van der Waals surface area (Å²) < 4.78 is 1.70. The van der Waals surface area contributed by atoms with Gasteiger partial charge >= 0.3 is 5.97 Å². The third-order valence-electron chi connectivity index (χ3n) is 6.04. The summed E-state index contributed by atoms with van der Waals surface area (Å²) in [7, 11) is 0. The predicted octanol–water partition coefficient (Wildman–Crippen LogP) is 4.94. The van der Waals surface area contributed by atoms with Gasteiger partial charge in [-0.05, 0) is 40.8 Å². The maximum Gasteiger partial charge on any atom is 0.335 e. The van der Waals surface area contributed by atoms with Crippen molar-refractivity contribution in [2.75, 3.05) is 5.32 Å². The average Bonchev–Trinajstić information content (AvgIpc) is 2.83. The molecule has 1 aliphatic rings. The third-order valence-corrected chi connectivity index (χ3v) is 6.04. The fourth-order valence-corrected chi connectivity index (χ4v) is 4.12. The van der Waals surface area contributed by atoms with Gasteiger partial charge in [0, 0.05) is 16.8 Å². The number of aromatic nitrogens is 3. The van der Waals surface area contributed by atoms with Crippen molar-refractivity contribution < 1.29 is 9.90 Å². The Labute approximate surface area is 196 Å². The molecular formula is C27H24N4O3. The molecule has 4 aromatic rings. The molecule has 170 valence electrons. The number of carboxylic acids is 1. The lowest BCUT2D eigenvalue weighted by Gasteiger charge is -2.30. The first-order valence-corrected chi connectivity index (χ1v) is 11.0. The molecule has 7 heteroatoms. The van der Waals surface area contributed by atoms with Gasteiger partial charge in [0.25, 0.3) is 5.56 Å². The number of nitrogens with zero attached hydrogens (tertiary/aromatic N) is 3. The lowest BCUT2D eigenvalue weighted by Crippen LogP contribution is -2.32. The number of carboxylic acid groups (broad SMARTS) is 1. The number of carbonyl (C=O) groups is 1. The lowest BCUT2D eigenvalue weighted by atomic mass is 9.86. The number of para-hydroxylation sites is 1. The smallest absolute Gasteiger partial charge is 0.335 e. The maximum absolute atomic E-state index is 13.1. The van der Waals surface area contributed by atoms with Gasteiger partial charge in [0.15, 0.2) is 11.5 Å². The van der Waals surface area contributed by atoms with Crippen LogP contribution in [0.25, 0.3) is 22.6 Å². The van der Waals surface area contributed by atoms with Crippen LogP contribution >= 0.6 is 0 Å². The molecule has 0 spiro atoms. The van der Waals surface area contributed by atoms with Gasteiger partial charge in [0.05, 0.1) is 5.56 Å². The zero-order valence-electron chi connectivity index (χ0n) is 19.1. The van der Waals surface area contributed by atoms with E-state index in [0.29, 0.717) is 11.4 Å². The average molecular weight is 453 g/mol. The standard InChI is InChI=1S/C27H24N4O3/c1-27(2,3)19-14-12-16(13-15-19)22-25(32)29-24-20-6-4-5-7-21(20)28-23(31(24)30-22)17-8-10-18(11-9-17)26(33)34/h4-15,23,28H,1-3H3,(H,33,34)/t23-/m0/s1. The Bertz CT molecular complexity index is 1450. The van der Waals surface area contributed by atoms with Crippen LogP contribution in [0.15, 0.2) is 77.6 Å². The van der Waals surface area contributed by atoms with E-state index in [-0.39, 0.29) is 16.7 Å². The summed E-state index contributed by atoms with van der Waals surface area (Å²) in [5.74, 6) is -0.528. The molecule has 5 rings (SSSR count). The number of rotatable bonds is 3. The second-order valence-electron chi connectivity index (χ2n) is 9.38. The Hall–Kier alpha value is -4.26. The molecule has 2 heterocycles. The second-order valence-corrected chi connectivity index (χ2v) is 9.38. The number of aromatic carboxylic acids is 1. The third kappa shape index (κ3) is 3.75. The summed E-state index contributed by atoms with van der Waals surface area (Å²) >= 11 is 0. The summed E-state index contributed by atoms with van der Waals surface area (Å²) in [6.07, 6.45) is -0.464. The van der Waals surface area contributed by atoms with E-state index in [9.17, 15) is 14.7 Å². The second kappa shape index (κ2) is 7.95. The molecule has 0 amide bonds. The number of hydrogen-bond acceptors (Lipinski definition) is 5. The number of nitrogens with one attached hydrogen (secondary N) is 1. The molecular weight excluding hydrogens is 428 g/mol. The Morgan fingerprint density at radius 2 is 1.65 bits per heavy atom. The van der Waals surface area contributed by atoms with Gasteiger partial charge in [0.2, 0.25) is 0 Å². The lowest BCUT2D eigenvalue weighted by molar-refractivity contribution is 0.0697. The highest BCUT2D eigenvalue weighted by Gasteiger charge is 2.28. The van der Waals surface area contributed by atoms with Gasteiger partial charge in [-0.2, -0.15) is 10.1 Å². The van der Waals surface area contributed by atoms with Crippen molar-refractivity contribution in [1.82, 2.24) is 14.8 Å². The highest BCUT2D eigenvalue weighted by molar-refractivity contribution is 5.87. The van der Waals surface area contributed by atoms with E-state index in [4.69, 9.17) is 5.10 Å². The van der Waals surface area contributed by atoms with Crippen LogP contribution in [0.2, 0.25) is 0 Å². The summed E-state index contributed by atoms with van der Waals surface area (Å²) in [6, 6.07) is 22.0. The Balaban J connectivity index is 1.66. The zero-order chi connectivity index (χ0) is 24.0. The van der Waals surface area contributed by atoms with Crippen LogP contribution in [-0.4, -0.2) is 25.8 Å². The fraction of sp³-hybridized carbons (Fsp3) is 0.185. The van der Waals surface area contributed by atoms with Crippen LogP contribution in [0, 0.1) is 0 Å². The monoisotopic (exact) mass is 452 g/mol. The normalized spacial score (nSPS) is 14.6. The quantitative estimate of drug-likeness (QED) is 0.457. The van der Waals surface area contributed by atoms with Crippen molar-refractivity contribution in [3.8, 4) is 22.6 Å². The molecule has 0 bridgehead atoms. The number of fused-ring (bicyclic) bond motifs is 3. The van der Waals surface area contributed by atoms with Crippen molar-refractivity contribution >= 4 is 11.7 Å². The van der Waals surface area contributed by atoms with E-state index >= 15 is 0 Å². The van der Waals surface area contributed by atoms with Gasteiger partial charge in [-0.1, -0.05) is 69.3 Å². The van der Waals surface area contributed by atoms with Crippen LogP contribution in [-0.2, 0) is 5.41 Å². The molecule has 1 aliphatic heterocycles. The molecule has 0 saturated heterocycles. The first-order chi connectivity index (χ1) is 16.2. The van der Waals surface area contributed by atoms with E-state index in [1.165, 1.54) is 0 Å². The Morgan fingerprint density at radius 3 is 2.29 bits per heavy atom. The summed E-state index contributed by atoms with van der Waals surface area (Å²) in [5, 5.41) is 17.5. The van der Waals surface area contributed by atoms with Crippen LogP contribution in [0.5, 0.6) is 0 Å². The number of anilines is 1. The van der Waals surface area contributed by atoms with E-state index in [1.54, 1.807) is 28.9 Å². The fourth-order valence-electron chi connectivity index (χ4n) is 4.12. The highest BCUT2D eigenvalue weighted by Crippen LogP contribution is 2.36. The molecule has 0 radical (unpaired) electrons. The van der Waals surface area contributed by atoms with Gasteiger partial charge in [-0.25, -0.2) is 9.48 Å². The Kier molecular flexibility index (Phi) is 5.05. The Morgan fingerprint density at radius 1 is 0.971 bits per heavy atom. The molecule has 34 heavy (non-hydrogen) atoms. The molecule has 2 N–H and O–H groups in total. The van der Waals surface area contributed by atoms with Gasteiger partial charge in [-0.15, -0.1) is 0 Å². The maximum atomic E-state index is 13.1. The summed E-state index contributed by atoms with van der Waals surface area (Å²) in [4.78, 5) is 28.8. The molecule has 0 unspecified atom stereocenters. The molecule has 0 aliphatic carbocycles. The van der Waals surface area contributed by atoms with E-state index in [1.807, 2.05) is 48.5 Å². The zero-order valence-corrected chi connectivity index (χ0v) is 19.1. The van der Waals surface area contributed by atoms with Crippen molar-refractivity contribution in [1.29, 1.82) is 0 Å². The van der Waals surface area contributed by atoms with Crippen molar-refractivity contribution in [2.45, 2.75) is 32.4 Å². The molecule has 0 fully saturated rings. The van der Waals surface area contributed by atoms with Crippen LogP contribution < -0.4 is 10.9 Å². The summed E-state index contributed by atoms with van der Waals surface area (Å²) in [5.41, 5.74) is 4.32. The topological polar surface area (TPSA) is 97.1 Å². The van der Waals surface area contributed by atoms with Crippen molar-refractivity contribution in [2.24, 2.45) is 0 Å². The molecule has 0 saturated carbocycles. The molecule has 7 nitrogen and oxygen atoms in total. The first-order valence-electron chi connectivity index (χ1n) is 11.0. The minimum absolute atomic E-state index is 0.00402. The van der Waals surface area contributed by atoms with E-state index in [0.717, 1.165) is 22.4 Å². The minimum Gasteiger partial charge on any atom is -0.478 e. The highest BCUT2D eigenvalue weighted by atomic mass is 16.4. The van der Waals surface area contributed by atoms with Crippen LogP contribution in [0.1, 0.15) is 48.4 Å². The van der Waals surface area contributed by atoms with Crippen molar-refractivity contribution in [3.63, 3.8) is 0 Å². The number of hydrogen-bond donors (Lipinski definition) is 2. The van der Waals surface area contributed by atoms with Crippen LogP contribution in [0.4, 0.5) is 5.69 Å². The van der Waals surface area contributed by atoms with E-state index in [2.05, 4.69) is 31.1 Å². The number of benzene rings is 3. The van der Waals surface area contributed by atoms with Gasteiger partial charge in [-0.3, -0.25) is 4.79 Å². The van der Waals surface area contributed by atoms with Crippen molar-refractivity contribution in [3.05, 3.63) is 99.8 Å². The first kappa shape index (κ1) is 21.6. The molecule has 3 aromatic carbocycles. The van der Waals surface area contributed by atoms with E-state index < -0.39 is 17.7 Å². The largest absolute Gasteiger partial charge is 0.478 e. The molecule has 1 atom stereocenters. The SMILES string of the molecule is CC(C)(C)c1ccc(-c2nn3c(nc2=O)-c2ccccc2N[C@@H]3c2ccc(C(=O)O)cc2)cc1.